The molecule has 2 aromatic rings. The van der Waals surface area contributed by atoms with E-state index in [1.54, 1.807) is 0 Å². The fourth-order valence-corrected chi connectivity index (χ4v) is 4.68. The van der Waals surface area contributed by atoms with Gasteiger partial charge in [-0.3, -0.25) is 4.90 Å². The van der Waals surface area contributed by atoms with Crippen LogP contribution in [0, 0.1) is 5.41 Å². The van der Waals surface area contributed by atoms with Crippen LogP contribution in [0.3, 0.4) is 0 Å². The summed E-state index contributed by atoms with van der Waals surface area (Å²) in [7, 11) is 2.25. The van der Waals surface area contributed by atoms with Gasteiger partial charge in [-0.25, -0.2) is 0 Å². The van der Waals surface area contributed by atoms with E-state index in [-0.39, 0.29) is 0 Å². The molecule has 0 radical (unpaired) electrons. The minimum absolute atomic E-state index is 0.445. The third kappa shape index (κ3) is 3.89. The summed E-state index contributed by atoms with van der Waals surface area (Å²) in [4.78, 5) is 9.54. The lowest BCUT2D eigenvalue weighted by Crippen LogP contribution is -2.51. The molecule has 0 bridgehead atoms. The summed E-state index contributed by atoms with van der Waals surface area (Å²) in [5, 5.41) is 4.81. The summed E-state index contributed by atoms with van der Waals surface area (Å²) in [5.41, 5.74) is 1.34. The molecule has 134 valence electrons. The van der Waals surface area contributed by atoms with E-state index in [4.69, 9.17) is 16.1 Å². The zero-order valence-electron chi connectivity index (χ0n) is 14.7. The van der Waals surface area contributed by atoms with Crippen molar-refractivity contribution in [2.45, 2.75) is 32.2 Å². The molecule has 1 atom stereocenters. The van der Waals surface area contributed by atoms with Crippen molar-refractivity contribution in [1.29, 1.82) is 0 Å². The van der Waals surface area contributed by atoms with Gasteiger partial charge in [0.05, 0.1) is 6.54 Å². The van der Waals surface area contributed by atoms with Crippen LogP contribution in [0.2, 0.25) is 5.02 Å². The Morgan fingerprint density at radius 2 is 2.04 bits per heavy atom. The van der Waals surface area contributed by atoms with Gasteiger partial charge >= 0.3 is 0 Å². The molecule has 1 aromatic heterocycles. The third-order valence-electron chi connectivity index (χ3n) is 5.50. The van der Waals surface area contributed by atoms with Crippen LogP contribution in [0.25, 0.3) is 11.4 Å². The lowest BCUT2D eigenvalue weighted by molar-refractivity contribution is 0.0160. The van der Waals surface area contributed by atoms with Crippen molar-refractivity contribution in [1.82, 2.24) is 19.9 Å². The van der Waals surface area contributed by atoms with E-state index in [9.17, 15) is 0 Å². The van der Waals surface area contributed by atoms with Crippen molar-refractivity contribution < 1.29 is 4.52 Å². The molecule has 3 heterocycles. The Bertz CT molecular complexity index is 730. The monoisotopic (exact) mass is 360 g/mol. The molecule has 2 aliphatic rings. The first-order chi connectivity index (χ1) is 12.1. The van der Waals surface area contributed by atoms with Crippen LogP contribution in [0.1, 0.15) is 31.6 Å². The van der Waals surface area contributed by atoms with E-state index in [0.717, 1.165) is 25.2 Å². The molecule has 2 aliphatic heterocycles. The molecule has 0 aliphatic carbocycles. The molecule has 4 rings (SSSR count). The normalized spacial score (nSPS) is 25.5. The predicted molar refractivity (Wildman–Crippen MR) is 98.4 cm³/mol. The Kier molecular flexibility index (Phi) is 4.80. The molecule has 6 heteroatoms. The SMILES string of the molecule is CN1CCC[C@@]2(CCCN(Cc3nc(-c4cccc(Cl)c4)no3)C2)C1. The summed E-state index contributed by atoms with van der Waals surface area (Å²) in [6, 6.07) is 7.57. The highest BCUT2D eigenvalue weighted by atomic mass is 35.5. The van der Waals surface area contributed by atoms with Gasteiger partial charge in [0.1, 0.15) is 0 Å². The van der Waals surface area contributed by atoms with Crippen molar-refractivity contribution in [2.75, 3.05) is 33.2 Å². The summed E-state index contributed by atoms with van der Waals surface area (Å²) in [6.45, 7) is 5.42. The Labute approximate surface area is 153 Å². The Morgan fingerprint density at radius 3 is 2.84 bits per heavy atom. The second-order valence-corrected chi connectivity index (χ2v) is 8.11. The minimum Gasteiger partial charge on any atom is -0.338 e. The van der Waals surface area contributed by atoms with Gasteiger partial charge in [-0.15, -0.1) is 0 Å². The van der Waals surface area contributed by atoms with Crippen LogP contribution >= 0.6 is 11.6 Å². The summed E-state index contributed by atoms with van der Waals surface area (Å²) in [6.07, 6.45) is 5.24. The number of aromatic nitrogens is 2. The van der Waals surface area contributed by atoms with E-state index in [1.165, 1.54) is 38.8 Å². The lowest BCUT2D eigenvalue weighted by Gasteiger charge is -2.47. The molecule has 0 amide bonds. The largest absolute Gasteiger partial charge is 0.338 e. The van der Waals surface area contributed by atoms with Gasteiger partial charge in [-0.2, -0.15) is 4.98 Å². The first-order valence-corrected chi connectivity index (χ1v) is 9.49. The second kappa shape index (κ2) is 7.06. The summed E-state index contributed by atoms with van der Waals surface area (Å²) in [5.74, 6) is 1.30. The maximum atomic E-state index is 6.05. The number of rotatable bonds is 3. The van der Waals surface area contributed by atoms with Crippen molar-refractivity contribution in [2.24, 2.45) is 5.41 Å². The average molecular weight is 361 g/mol. The smallest absolute Gasteiger partial charge is 0.241 e. The van der Waals surface area contributed by atoms with Crippen LogP contribution in [-0.2, 0) is 6.54 Å². The van der Waals surface area contributed by atoms with Gasteiger partial charge in [0, 0.05) is 23.7 Å². The summed E-state index contributed by atoms with van der Waals surface area (Å²) < 4.78 is 5.50. The van der Waals surface area contributed by atoms with E-state index >= 15 is 0 Å². The number of hydrogen-bond acceptors (Lipinski definition) is 5. The fraction of sp³-hybridized carbons (Fsp3) is 0.579. The molecule has 0 saturated carbocycles. The molecule has 0 N–H and O–H groups in total. The van der Waals surface area contributed by atoms with Gasteiger partial charge in [0.25, 0.3) is 0 Å². The highest BCUT2D eigenvalue weighted by Crippen LogP contribution is 2.38. The zero-order chi connectivity index (χ0) is 17.3. The number of hydrogen-bond donors (Lipinski definition) is 0. The van der Waals surface area contributed by atoms with Gasteiger partial charge < -0.3 is 9.42 Å². The Morgan fingerprint density at radius 1 is 1.20 bits per heavy atom. The highest BCUT2D eigenvalue weighted by molar-refractivity contribution is 6.30. The number of benzene rings is 1. The Hall–Kier alpha value is -1.43. The number of piperidine rings is 2. The van der Waals surface area contributed by atoms with Gasteiger partial charge in [-0.05, 0) is 63.4 Å². The molecule has 1 spiro atoms. The van der Waals surface area contributed by atoms with Gasteiger partial charge in [0.2, 0.25) is 11.7 Å². The first kappa shape index (κ1) is 17.0. The van der Waals surface area contributed by atoms with Crippen LogP contribution < -0.4 is 0 Å². The highest BCUT2D eigenvalue weighted by Gasteiger charge is 2.38. The molecule has 2 fully saturated rings. The van der Waals surface area contributed by atoms with Crippen molar-refractivity contribution in [3.8, 4) is 11.4 Å². The standard InChI is InChI=1S/C19H25ClN4O/c1-23-9-3-7-19(13-23)8-4-10-24(14-19)12-17-21-18(22-25-17)15-5-2-6-16(20)11-15/h2,5-6,11H,3-4,7-10,12-14H2,1H3/t19-/m1/s1. The van der Waals surface area contributed by atoms with Crippen LogP contribution in [-0.4, -0.2) is 53.2 Å². The maximum absolute atomic E-state index is 6.05. The fourth-order valence-electron chi connectivity index (χ4n) is 4.49. The van der Waals surface area contributed by atoms with E-state index in [1.807, 2.05) is 24.3 Å². The van der Waals surface area contributed by atoms with Gasteiger partial charge in [0.15, 0.2) is 0 Å². The van der Waals surface area contributed by atoms with Crippen molar-refractivity contribution in [3.05, 3.63) is 35.2 Å². The molecular weight excluding hydrogens is 336 g/mol. The van der Waals surface area contributed by atoms with Crippen LogP contribution in [0.15, 0.2) is 28.8 Å². The average Bonchev–Trinajstić information content (AvgIpc) is 3.03. The Balaban J connectivity index is 1.44. The number of likely N-dealkylation sites (tertiary alicyclic amines) is 2. The number of nitrogens with zero attached hydrogens (tertiary/aromatic N) is 4. The molecule has 5 nitrogen and oxygen atoms in total. The summed E-state index contributed by atoms with van der Waals surface area (Å²) >= 11 is 6.05. The lowest BCUT2D eigenvalue weighted by atomic mass is 9.74. The van der Waals surface area contributed by atoms with Gasteiger partial charge in [-0.1, -0.05) is 28.9 Å². The molecule has 1 aromatic carbocycles. The topological polar surface area (TPSA) is 45.4 Å². The number of halogens is 1. The zero-order valence-corrected chi connectivity index (χ0v) is 15.5. The minimum atomic E-state index is 0.445. The van der Waals surface area contributed by atoms with Crippen LogP contribution in [0.5, 0.6) is 0 Å². The van der Waals surface area contributed by atoms with E-state index in [0.29, 0.717) is 22.2 Å². The van der Waals surface area contributed by atoms with E-state index in [2.05, 4.69) is 27.0 Å². The van der Waals surface area contributed by atoms with Crippen molar-refractivity contribution >= 4 is 11.6 Å². The first-order valence-electron chi connectivity index (χ1n) is 9.11. The molecule has 0 unspecified atom stereocenters. The van der Waals surface area contributed by atoms with Crippen LogP contribution in [0.4, 0.5) is 0 Å². The molecule has 2 saturated heterocycles. The maximum Gasteiger partial charge on any atom is 0.241 e. The third-order valence-corrected chi connectivity index (χ3v) is 5.74. The quantitative estimate of drug-likeness (QED) is 0.835. The molecule has 25 heavy (non-hydrogen) atoms. The molecular formula is C19H25ClN4O. The van der Waals surface area contributed by atoms with E-state index < -0.39 is 0 Å². The predicted octanol–water partition coefficient (Wildman–Crippen LogP) is 3.70. The van der Waals surface area contributed by atoms with Crippen molar-refractivity contribution in [3.63, 3.8) is 0 Å². The second-order valence-electron chi connectivity index (χ2n) is 7.68.